The average molecular weight is 317 g/mol. The predicted molar refractivity (Wildman–Crippen MR) is 84.9 cm³/mol. The number of aromatic nitrogens is 1. The van der Waals surface area contributed by atoms with Crippen LogP contribution < -0.4 is 0 Å². The minimum Gasteiger partial charge on any atom is -0.444 e. The van der Waals surface area contributed by atoms with Crippen molar-refractivity contribution in [1.29, 1.82) is 0 Å². The molecule has 0 spiro atoms. The number of hydrogen-bond donors (Lipinski definition) is 0. The Kier molecular flexibility index (Phi) is 4.00. The van der Waals surface area contributed by atoms with Gasteiger partial charge in [0.1, 0.15) is 5.60 Å². The Morgan fingerprint density at radius 2 is 1.74 bits per heavy atom. The summed E-state index contributed by atoms with van der Waals surface area (Å²) in [6.07, 6.45) is 3.01. The lowest BCUT2D eigenvalue weighted by molar-refractivity contribution is 0.0275. The van der Waals surface area contributed by atoms with Gasteiger partial charge in [-0.25, -0.2) is 4.79 Å². The fourth-order valence-electron chi connectivity index (χ4n) is 3.31. The van der Waals surface area contributed by atoms with Crippen LogP contribution in [-0.4, -0.2) is 58.6 Å². The average Bonchev–Trinajstić information content (AvgIpc) is 3.04. The molecule has 0 bridgehead atoms. The Morgan fingerprint density at radius 1 is 1.13 bits per heavy atom. The molecule has 2 atom stereocenters. The number of likely N-dealkylation sites (tertiary alicyclic amines) is 2. The third-order valence-electron chi connectivity index (χ3n) is 4.33. The lowest BCUT2D eigenvalue weighted by atomic mass is 10.0. The molecule has 0 aliphatic carbocycles. The molecule has 0 aromatic carbocycles. The van der Waals surface area contributed by atoms with Gasteiger partial charge in [-0.2, -0.15) is 0 Å². The summed E-state index contributed by atoms with van der Waals surface area (Å²) in [4.78, 5) is 32.3. The summed E-state index contributed by atoms with van der Waals surface area (Å²) in [5, 5.41) is 0. The number of carbonyl (C=O) groups excluding carboxylic acids is 2. The van der Waals surface area contributed by atoms with E-state index < -0.39 is 5.60 Å². The summed E-state index contributed by atoms with van der Waals surface area (Å²) in [5.41, 5.74) is 0.147. The quantitative estimate of drug-likeness (QED) is 0.795. The van der Waals surface area contributed by atoms with Crippen LogP contribution in [0.3, 0.4) is 0 Å². The number of rotatable bonds is 1. The van der Waals surface area contributed by atoms with Crippen LogP contribution in [0.5, 0.6) is 0 Å². The molecule has 0 radical (unpaired) electrons. The van der Waals surface area contributed by atoms with Crippen molar-refractivity contribution in [3.05, 3.63) is 30.1 Å². The van der Waals surface area contributed by atoms with Gasteiger partial charge in [-0.15, -0.1) is 0 Å². The SMILES string of the molecule is CC(C)(C)OC(=O)N1CC2CN(C(=O)c3cccnc3)CC2C1. The molecule has 0 N–H and O–H groups in total. The van der Waals surface area contributed by atoms with Gasteiger partial charge in [-0.05, 0) is 32.9 Å². The van der Waals surface area contributed by atoms with Crippen molar-refractivity contribution in [2.45, 2.75) is 26.4 Å². The van der Waals surface area contributed by atoms with Gasteiger partial charge in [0.2, 0.25) is 0 Å². The molecule has 2 unspecified atom stereocenters. The van der Waals surface area contributed by atoms with Gasteiger partial charge in [0, 0.05) is 50.4 Å². The highest BCUT2D eigenvalue weighted by Crippen LogP contribution is 2.32. The smallest absolute Gasteiger partial charge is 0.410 e. The fourth-order valence-corrected chi connectivity index (χ4v) is 3.31. The maximum absolute atomic E-state index is 12.5. The van der Waals surface area contributed by atoms with Crippen molar-refractivity contribution in [3.63, 3.8) is 0 Å². The highest BCUT2D eigenvalue weighted by atomic mass is 16.6. The number of ether oxygens (including phenoxy) is 1. The largest absolute Gasteiger partial charge is 0.444 e. The molecule has 2 fully saturated rings. The topological polar surface area (TPSA) is 62.7 Å². The van der Waals surface area contributed by atoms with Crippen LogP contribution >= 0.6 is 0 Å². The summed E-state index contributed by atoms with van der Waals surface area (Å²) in [7, 11) is 0. The molecular formula is C17H23N3O3. The molecule has 3 rings (SSSR count). The number of nitrogens with zero attached hydrogens (tertiary/aromatic N) is 3. The second-order valence-corrected chi connectivity index (χ2v) is 7.36. The van der Waals surface area contributed by atoms with E-state index in [2.05, 4.69) is 4.98 Å². The zero-order valence-corrected chi connectivity index (χ0v) is 13.9. The molecule has 124 valence electrons. The van der Waals surface area contributed by atoms with Crippen molar-refractivity contribution in [2.24, 2.45) is 11.8 Å². The molecule has 2 amide bonds. The summed E-state index contributed by atoms with van der Waals surface area (Å²) < 4.78 is 5.43. The first-order valence-electron chi connectivity index (χ1n) is 8.01. The summed E-state index contributed by atoms with van der Waals surface area (Å²) in [5.74, 6) is 0.697. The molecule has 2 aliphatic rings. The van der Waals surface area contributed by atoms with E-state index in [0.29, 0.717) is 43.6 Å². The van der Waals surface area contributed by atoms with Crippen LogP contribution in [0.15, 0.2) is 24.5 Å². The van der Waals surface area contributed by atoms with E-state index >= 15 is 0 Å². The molecule has 1 aromatic rings. The molecule has 2 saturated heterocycles. The zero-order valence-electron chi connectivity index (χ0n) is 13.9. The normalized spacial score (nSPS) is 23.8. The molecular weight excluding hydrogens is 294 g/mol. The van der Waals surface area contributed by atoms with Crippen molar-refractivity contribution >= 4 is 12.0 Å². The van der Waals surface area contributed by atoms with Gasteiger partial charge in [-0.3, -0.25) is 9.78 Å². The van der Waals surface area contributed by atoms with Crippen LogP contribution in [0.2, 0.25) is 0 Å². The zero-order chi connectivity index (χ0) is 16.6. The molecule has 1 aromatic heterocycles. The van der Waals surface area contributed by atoms with Crippen molar-refractivity contribution < 1.29 is 14.3 Å². The van der Waals surface area contributed by atoms with Crippen LogP contribution in [0, 0.1) is 11.8 Å². The van der Waals surface area contributed by atoms with Crippen LogP contribution in [0.1, 0.15) is 31.1 Å². The molecule has 0 saturated carbocycles. The highest BCUT2D eigenvalue weighted by Gasteiger charge is 2.44. The molecule has 2 aliphatic heterocycles. The van der Waals surface area contributed by atoms with E-state index in [0.717, 1.165) is 0 Å². The molecule has 23 heavy (non-hydrogen) atoms. The standard InChI is InChI=1S/C17H23N3O3/c1-17(2,3)23-16(22)20-10-13-8-19(9-14(13)11-20)15(21)12-5-4-6-18-7-12/h4-7,13-14H,8-11H2,1-3H3. The lowest BCUT2D eigenvalue weighted by Crippen LogP contribution is -2.38. The Balaban J connectivity index is 1.57. The van der Waals surface area contributed by atoms with Crippen LogP contribution in [0.25, 0.3) is 0 Å². The van der Waals surface area contributed by atoms with Crippen LogP contribution in [-0.2, 0) is 4.74 Å². The molecule has 6 nitrogen and oxygen atoms in total. The minimum absolute atomic E-state index is 0.0244. The van der Waals surface area contributed by atoms with Gasteiger partial charge in [0.05, 0.1) is 5.56 Å². The number of carbonyl (C=O) groups is 2. The first-order valence-corrected chi connectivity index (χ1v) is 8.01. The third-order valence-corrected chi connectivity index (χ3v) is 4.33. The number of pyridine rings is 1. The number of fused-ring (bicyclic) bond motifs is 1. The molecule has 6 heteroatoms. The first-order chi connectivity index (χ1) is 10.8. The van der Waals surface area contributed by atoms with Gasteiger partial charge < -0.3 is 14.5 Å². The predicted octanol–water partition coefficient (Wildman–Crippen LogP) is 2.02. The van der Waals surface area contributed by atoms with Gasteiger partial charge in [-0.1, -0.05) is 0 Å². The van der Waals surface area contributed by atoms with Gasteiger partial charge >= 0.3 is 6.09 Å². The van der Waals surface area contributed by atoms with E-state index in [-0.39, 0.29) is 12.0 Å². The maximum atomic E-state index is 12.5. The van der Waals surface area contributed by atoms with Gasteiger partial charge in [0.15, 0.2) is 0 Å². The summed E-state index contributed by atoms with van der Waals surface area (Å²) >= 11 is 0. The van der Waals surface area contributed by atoms with E-state index in [4.69, 9.17) is 4.74 Å². The third kappa shape index (κ3) is 3.46. The minimum atomic E-state index is -0.475. The lowest BCUT2D eigenvalue weighted by Gasteiger charge is -2.26. The Labute approximate surface area is 136 Å². The van der Waals surface area contributed by atoms with E-state index in [1.807, 2.05) is 25.7 Å². The number of amides is 2. The van der Waals surface area contributed by atoms with E-state index in [9.17, 15) is 9.59 Å². The Morgan fingerprint density at radius 3 is 2.26 bits per heavy atom. The Bertz CT molecular complexity index is 583. The van der Waals surface area contributed by atoms with Crippen molar-refractivity contribution in [2.75, 3.05) is 26.2 Å². The highest BCUT2D eigenvalue weighted by molar-refractivity contribution is 5.94. The maximum Gasteiger partial charge on any atom is 0.410 e. The van der Waals surface area contributed by atoms with Crippen LogP contribution in [0.4, 0.5) is 4.79 Å². The fraction of sp³-hybridized carbons (Fsp3) is 0.588. The van der Waals surface area contributed by atoms with Gasteiger partial charge in [0.25, 0.3) is 5.91 Å². The summed E-state index contributed by atoms with van der Waals surface area (Å²) in [6.45, 7) is 8.32. The van der Waals surface area contributed by atoms with Crippen molar-refractivity contribution in [3.8, 4) is 0 Å². The Hall–Kier alpha value is -2.11. The first kappa shape index (κ1) is 15.8. The van der Waals surface area contributed by atoms with E-state index in [1.165, 1.54) is 0 Å². The second-order valence-electron chi connectivity index (χ2n) is 7.36. The monoisotopic (exact) mass is 317 g/mol. The number of hydrogen-bond acceptors (Lipinski definition) is 4. The second kappa shape index (κ2) is 5.83. The summed E-state index contributed by atoms with van der Waals surface area (Å²) in [6, 6.07) is 3.56. The van der Waals surface area contributed by atoms with E-state index in [1.54, 1.807) is 29.4 Å². The molecule has 3 heterocycles. The van der Waals surface area contributed by atoms with Crippen molar-refractivity contribution in [1.82, 2.24) is 14.8 Å².